The van der Waals surface area contributed by atoms with Crippen LogP contribution in [-0.2, 0) is 0 Å². The van der Waals surface area contributed by atoms with E-state index >= 15 is 0 Å². The van der Waals surface area contributed by atoms with E-state index in [0.717, 1.165) is 5.69 Å². The second kappa shape index (κ2) is 4.57. The summed E-state index contributed by atoms with van der Waals surface area (Å²) >= 11 is 0. The fraction of sp³-hybridized carbons (Fsp3) is 0.200. The molecule has 3 N–H and O–H groups in total. The number of nitrogens with two attached hydrogens (primary N) is 1. The molecule has 0 aliphatic rings. The van der Waals surface area contributed by atoms with Crippen LogP contribution in [0, 0.1) is 0 Å². The number of nitrogens with one attached hydrogen (secondary N) is 1. The smallest absolute Gasteiger partial charge is 0.0343 e. The van der Waals surface area contributed by atoms with Gasteiger partial charge in [-0.15, -0.1) is 0 Å². The molecule has 0 atom stereocenters. The molecule has 0 aliphatic heterocycles. The highest BCUT2D eigenvalue weighted by atomic mass is 14.8. The van der Waals surface area contributed by atoms with Crippen molar-refractivity contribution in [1.82, 2.24) is 0 Å². The molecule has 0 bridgehead atoms. The molecule has 0 aliphatic carbocycles. The monoisotopic (exact) mass is 162 g/mol. The first-order valence-electron chi connectivity index (χ1n) is 4.01. The van der Waals surface area contributed by atoms with E-state index in [-0.39, 0.29) is 0 Å². The van der Waals surface area contributed by atoms with Crippen LogP contribution in [0.2, 0.25) is 0 Å². The van der Waals surface area contributed by atoms with E-state index in [1.165, 1.54) is 5.56 Å². The van der Waals surface area contributed by atoms with Gasteiger partial charge in [0, 0.05) is 19.3 Å². The van der Waals surface area contributed by atoms with Gasteiger partial charge in [0.05, 0.1) is 0 Å². The van der Waals surface area contributed by atoms with E-state index < -0.39 is 0 Å². The van der Waals surface area contributed by atoms with Gasteiger partial charge in [0.25, 0.3) is 0 Å². The van der Waals surface area contributed by atoms with Crippen molar-refractivity contribution in [1.29, 1.82) is 0 Å². The minimum atomic E-state index is 0.587. The highest BCUT2D eigenvalue weighted by Crippen LogP contribution is 2.10. The molecular weight excluding hydrogens is 148 g/mol. The van der Waals surface area contributed by atoms with Gasteiger partial charge in [-0.05, 0) is 17.7 Å². The van der Waals surface area contributed by atoms with Crippen LogP contribution in [0.25, 0.3) is 6.08 Å². The molecule has 1 aromatic rings. The topological polar surface area (TPSA) is 38.0 Å². The lowest BCUT2D eigenvalue weighted by Gasteiger charge is -1.99. The van der Waals surface area contributed by atoms with Crippen molar-refractivity contribution in [3.8, 4) is 0 Å². The number of hydrogen-bond acceptors (Lipinski definition) is 2. The van der Waals surface area contributed by atoms with E-state index in [4.69, 9.17) is 5.73 Å². The quantitative estimate of drug-likeness (QED) is 0.710. The van der Waals surface area contributed by atoms with Crippen LogP contribution in [-0.4, -0.2) is 13.6 Å². The van der Waals surface area contributed by atoms with Crippen LogP contribution in [0.15, 0.2) is 30.3 Å². The second-order valence-electron chi connectivity index (χ2n) is 2.51. The molecule has 64 valence electrons. The molecule has 2 heteroatoms. The number of rotatable bonds is 3. The molecule has 0 heterocycles. The predicted molar refractivity (Wildman–Crippen MR) is 54.1 cm³/mol. The zero-order valence-electron chi connectivity index (χ0n) is 7.25. The van der Waals surface area contributed by atoms with Crippen LogP contribution < -0.4 is 11.1 Å². The highest BCUT2D eigenvalue weighted by Gasteiger charge is 1.88. The molecule has 0 amide bonds. The van der Waals surface area contributed by atoms with E-state index in [1.54, 1.807) is 0 Å². The minimum Gasteiger partial charge on any atom is -0.388 e. The van der Waals surface area contributed by atoms with Crippen LogP contribution in [0.4, 0.5) is 5.69 Å². The molecular formula is C10H14N2. The standard InChI is InChI=1S/C10H14N2/c1-12-10-6-2-4-9(8-10)5-3-7-11/h2-6,8,12H,7,11H2,1H3. The third kappa shape index (κ3) is 2.40. The SMILES string of the molecule is CNc1cccc(C=CCN)c1. The fourth-order valence-corrected chi connectivity index (χ4v) is 1.00. The maximum Gasteiger partial charge on any atom is 0.0343 e. The van der Waals surface area contributed by atoms with Crippen molar-refractivity contribution >= 4 is 11.8 Å². The van der Waals surface area contributed by atoms with Crippen molar-refractivity contribution in [2.45, 2.75) is 0 Å². The Labute approximate surface area is 73.1 Å². The summed E-state index contributed by atoms with van der Waals surface area (Å²) in [5.74, 6) is 0. The van der Waals surface area contributed by atoms with Gasteiger partial charge < -0.3 is 11.1 Å². The molecule has 0 saturated heterocycles. The van der Waals surface area contributed by atoms with Gasteiger partial charge in [-0.25, -0.2) is 0 Å². The summed E-state index contributed by atoms with van der Waals surface area (Å²) in [5.41, 5.74) is 7.64. The van der Waals surface area contributed by atoms with Crippen molar-refractivity contribution in [2.24, 2.45) is 5.73 Å². The maximum absolute atomic E-state index is 5.34. The van der Waals surface area contributed by atoms with Crippen LogP contribution in [0.5, 0.6) is 0 Å². The summed E-state index contributed by atoms with van der Waals surface area (Å²) in [6.07, 6.45) is 3.95. The molecule has 1 aromatic carbocycles. The summed E-state index contributed by atoms with van der Waals surface area (Å²) < 4.78 is 0. The Morgan fingerprint density at radius 1 is 1.50 bits per heavy atom. The summed E-state index contributed by atoms with van der Waals surface area (Å²) in [5, 5.41) is 3.08. The molecule has 0 radical (unpaired) electrons. The van der Waals surface area contributed by atoms with E-state index in [2.05, 4.69) is 11.4 Å². The Morgan fingerprint density at radius 2 is 2.33 bits per heavy atom. The molecule has 12 heavy (non-hydrogen) atoms. The average molecular weight is 162 g/mol. The third-order valence-electron chi connectivity index (χ3n) is 1.62. The van der Waals surface area contributed by atoms with Gasteiger partial charge in [0.2, 0.25) is 0 Å². The Bertz CT molecular complexity index is 266. The molecule has 0 spiro atoms. The van der Waals surface area contributed by atoms with Gasteiger partial charge in [-0.1, -0.05) is 24.3 Å². The second-order valence-corrected chi connectivity index (χ2v) is 2.51. The number of benzene rings is 1. The van der Waals surface area contributed by atoms with Gasteiger partial charge in [0.15, 0.2) is 0 Å². The van der Waals surface area contributed by atoms with Gasteiger partial charge in [-0.3, -0.25) is 0 Å². The van der Waals surface area contributed by atoms with Crippen LogP contribution in [0.1, 0.15) is 5.56 Å². The largest absolute Gasteiger partial charge is 0.388 e. The average Bonchev–Trinajstić information content (AvgIpc) is 2.15. The highest BCUT2D eigenvalue weighted by molar-refractivity contribution is 5.57. The molecule has 0 saturated carbocycles. The van der Waals surface area contributed by atoms with Crippen LogP contribution in [0.3, 0.4) is 0 Å². The summed E-state index contributed by atoms with van der Waals surface area (Å²) in [6.45, 7) is 0.587. The van der Waals surface area contributed by atoms with Gasteiger partial charge in [0.1, 0.15) is 0 Å². The lowest BCUT2D eigenvalue weighted by molar-refractivity contribution is 1.26. The van der Waals surface area contributed by atoms with E-state index in [1.807, 2.05) is 37.4 Å². The lowest BCUT2D eigenvalue weighted by atomic mass is 10.2. The fourth-order valence-electron chi connectivity index (χ4n) is 1.00. The Kier molecular flexibility index (Phi) is 3.35. The van der Waals surface area contributed by atoms with Gasteiger partial charge >= 0.3 is 0 Å². The summed E-state index contributed by atoms with van der Waals surface area (Å²) in [4.78, 5) is 0. The number of hydrogen-bond donors (Lipinski definition) is 2. The Hall–Kier alpha value is -1.28. The lowest BCUT2D eigenvalue weighted by Crippen LogP contribution is -1.92. The third-order valence-corrected chi connectivity index (χ3v) is 1.62. The van der Waals surface area contributed by atoms with Crippen molar-refractivity contribution in [3.63, 3.8) is 0 Å². The zero-order valence-corrected chi connectivity index (χ0v) is 7.25. The minimum absolute atomic E-state index is 0.587. The molecule has 0 aromatic heterocycles. The Morgan fingerprint density at radius 3 is 3.00 bits per heavy atom. The number of anilines is 1. The Balaban J connectivity index is 2.79. The van der Waals surface area contributed by atoms with Crippen LogP contribution >= 0.6 is 0 Å². The van der Waals surface area contributed by atoms with Crippen molar-refractivity contribution < 1.29 is 0 Å². The molecule has 1 rings (SSSR count). The van der Waals surface area contributed by atoms with E-state index in [0.29, 0.717) is 6.54 Å². The summed E-state index contributed by atoms with van der Waals surface area (Å²) in [7, 11) is 1.91. The van der Waals surface area contributed by atoms with Gasteiger partial charge in [-0.2, -0.15) is 0 Å². The zero-order chi connectivity index (χ0) is 8.81. The van der Waals surface area contributed by atoms with Crippen molar-refractivity contribution in [2.75, 3.05) is 18.9 Å². The van der Waals surface area contributed by atoms with E-state index in [9.17, 15) is 0 Å². The predicted octanol–water partition coefficient (Wildman–Crippen LogP) is 1.70. The molecule has 2 nitrogen and oxygen atoms in total. The first-order chi connectivity index (χ1) is 5.86. The first kappa shape index (κ1) is 8.81. The first-order valence-corrected chi connectivity index (χ1v) is 4.01. The molecule has 0 unspecified atom stereocenters. The normalized spacial score (nSPS) is 10.5. The summed E-state index contributed by atoms with van der Waals surface area (Å²) in [6, 6.07) is 8.17. The maximum atomic E-state index is 5.34. The van der Waals surface area contributed by atoms with Crippen molar-refractivity contribution in [3.05, 3.63) is 35.9 Å². The molecule has 0 fully saturated rings.